The van der Waals surface area contributed by atoms with Crippen LogP contribution < -0.4 is 16.0 Å². The van der Waals surface area contributed by atoms with Crippen LogP contribution in [0.3, 0.4) is 0 Å². The summed E-state index contributed by atoms with van der Waals surface area (Å²) < 4.78 is 5.62. The summed E-state index contributed by atoms with van der Waals surface area (Å²) in [6, 6.07) is -1.42. The lowest BCUT2D eigenvalue weighted by molar-refractivity contribution is 0.0924. The molecule has 0 radical (unpaired) electrons. The first-order valence-corrected chi connectivity index (χ1v) is 11.3. The van der Waals surface area contributed by atoms with Gasteiger partial charge in [0.2, 0.25) is 5.89 Å². The number of hydrogen-bond acceptors (Lipinski definition) is 9. The average Bonchev–Trinajstić information content (AvgIpc) is 3.46. The number of hydrogen-bond donors (Lipinski definition) is 3. The molecule has 0 saturated carbocycles. The number of fused-ring (bicyclic) bond motifs is 6. The summed E-state index contributed by atoms with van der Waals surface area (Å²) in [5, 5.41) is 12.9. The Morgan fingerprint density at radius 3 is 1.81 bits per heavy atom. The van der Waals surface area contributed by atoms with Crippen LogP contribution in [0, 0.1) is 6.92 Å². The largest absolute Gasteiger partial charge is 0.443 e. The van der Waals surface area contributed by atoms with Crippen molar-refractivity contribution in [2.24, 2.45) is 0 Å². The second kappa shape index (κ2) is 8.19. The smallest absolute Gasteiger partial charge is 0.274 e. The van der Waals surface area contributed by atoms with E-state index in [0.717, 1.165) is 0 Å². The standard InChI is InChI=1S/C19H20N6O4S2/c1-7-17-25-13(10(4)29-17)16(28)22-9(3)19-24-12(6-31-19)15(27)21-8(2)18-23-11(5-30-18)14(26)20-7/h5-9H,1-4H3,(H,20,26)(H,21,27)(H,22,28)/t7-,8-,9+/m1/s1. The van der Waals surface area contributed by atoms with Gasteiger partial charge in [-0.2, -0.15) is 0 Å². The summed E-state index contributed by atoms with van der Waals surface area (Å²) in [5.41, 5.74) is 0.598. The van der Waals surface area contributed by atoms with Gasteiger partial charge in [-0.1, -0.05) is 0 Å². The monoisotopic (exact) mass is 460 g/mol. The fourth-order valence-corrected chi connectivity index (χ4v) is 4.60. The number of carbonyl (C=O) groups excluding carboxylic acids is 3. The molecular formula is C19H20N6O4S2. The van der Waals surface area contributed by atoms with E-state index in [9.17, 15) is 14.4 Å². The molecule has 0 aromatic carbocycles. The van der Waals surface area contributed by atoms with Gasteiger partial charge in [-0.15, -0.1) is 22.7 Å². The minimum Gasteiger partial charge on any atom is -0.443 e. The predicted octanol–water partition coefficient (Wildman–Crippen LogP) is 2.68. The maximum atomic E-state index is 12.7. The quantitative estimate of drug-likeness (QED) is 0.469. The van der Waals surface area contributed by atoms with Gasteiger partial charge in [0.1, 0.15) is 33.2 Å². The van der Waals surface area contributed by atoms with E-state index in [1.54, 1.807) is 38.5 Å². The summed E-state index contributed by atoms with van der Waals surface area (Å²) in [5.74, 6) is -0.644. The normalized spacial score (nSPS) is 22.2. The minimum atomic E-state index is -0.576. The van der Waals surface area contributed by atoms with Crippen molar-refractivity contribution in [3.05, 3.63) is 49.5 Å². The van der Waals surface area contributed by atoms with E-state index in [1.165, 1.54) is 22.7 Å². The molecule has 4 heterocycles. The first-order valence-electron chi connectivity index (χ1n) is 9.53. The Morgan fingerprint density at radius 1 is 0.774 bits per heavy atom. The molecule has 1 aliphatic heterocycles. The first-order chi connectivity index (χ1) is 14.7. The molecule has 4 rings (SSSR count). The van der Waals surface area contributed by atoms with Crippen molar-refractivity contribution in [2.75, 3.05) is 0 Å². The van der Waals surface area contributed by atoms with Gasteiger partial charge in [-0.25, -0.2) is 15.0 Å². The molecule has 3 aromatic rings. The maximum absolute atomic E-state index is 12.7. The number of oxazole rings is 1. The maximum Gasteiger partial charge on any atom is 0.274 e. The minimum absolute atomic E-state index is 0.128. The summed E-state index contributed by atoms with van der Waals surface area (Å²) in [7, 11) is 0. The number of aryl methyl sites for hydroxylation is 1. The summed E-state index contributed by atoms with van der Waals surface area (Å²) in [4.78, 5) is 50.9. The Hall–Kier alpha value is -3.12. The van der Waals surface area contributed by atoms with E-state index >= 15 is 0 Å². The van der Waals surface area contributed by atoms with E-state index < -0.39 is 29.9 Å². The third kappa shape index (κ3) is 4.21. The number of rotatable bonds is 0. The second-order valence-electron chi connectivity index (χ2n) is 7.18. The van der Waals surface area contributed by atoms with Gasteiger partial charge in [0.25, 0.3) is 17.7 Å². The molecule has 6 bridgehead atoms. The van der Waals surface area contributed by atoms with Crippen molar-refractivity contribution in [3.8, 4) is 0 Å². The van der Waals surface area contributed by atoms with Gasteiger partial charge in [0.05, 0.1) is 12.1 Å². The van der Waals surface area contributed by atoms with E-state index in [4.69, 9.17) is 4.42 Å². The summed E-state index contributed by atoms with van der Waals surface area (Å²) in [6.07, 6.45) is 0. The lowest BCUT2D eigenvalue weighted by Crippen LogP contribution is -2.30. The topological polar surface area (TPSA) is 139 Å². The van der Waals surface area contributed by atoms with E-state index in [-0.39, 0.29) is 28.9 Å². The molecule has 1 aliphatic rings. The molecule has 10 nitrogen and oxygen atoms in total. The lowest BCUT2D eigenvalue weighted by atomic mass is 10.3. The van der Waals surface area contributed by atoms with Crippen LogP contribution in [0.1, 0.15) is 92.0 Å². The van der Waals surface area contributed by atoms with Gasteiger partial charge in [0.15, 0.2) is 5.69 Å². The number of nitrogens with zero attached hydrogens (tertiary/aromatic N) is 3. The zero-order chi connectivity index (χ0) is 22.3. The zero-order valence-corrected chi connectivity index (χ0v) is 18.8. The van der Waals surface area contributed by atoms with Crippen molar-refractivity contribution >= 4 is 40.4 Å². The Labute approximate surface area is 185 Å². The molecule has 31 heavy (non-hydrogen) atoms. The van der Waals surface area contributed by atoms with Crippen LogP contribution in [-0.4, -0.2) is 32.7 Å². The third-order valence-electron chi connectivity index (χ3n) is 4.69. The number of amides is 3. The molecule has 0 aliphatic carbocycles. The molecule has 3 aromatic heterocycles. The molecular weight excluding hydrogens is 440 g/mol. The predicted molar refractivity (Wildman–Crippen MR) is 113 cm³/mol. The zero-order valence-electron chi connectivity index (χ0n) is 17.2. The van der Waals surface area contributed by atoms with Gasteiger partial charge in [-0.3, -0.25) is 14.4 Å². The Morgan fingerprint density at radius 2 is 1.26 bits per heavy atom. The van der Waals surface area contributed by atoms with Gasteiger partial charge in [0, 0.05) is 10.8 Å². The Bertz CT molecular complexity index is 1170. The molecule has 3 atom stereocenters. The third-order valence-corrected chi connectivity index (χ3v) is 6.75. The van der Waals surface area contributed by atoms with Gasteiger partial charge < -0.3 is 20.4 Å². The SMILES string of the molecule is Cc1oc2nc1C(=O)N[C@@H](C)c1nc(cs1)C(=O)N[C@H](C)c1nc(cs1)C(=O)N[C@@H]2C. The highest BCUT2D eigenvalue weighted by Crippen LogP contribution is 2.23. The molecule has 0 spiro atoms. The van der Waals surface area contributed by atoms with Crippen molar-refractivity contribution in [1.29, 1.82) is 0 Å². The number of nitrogens with one attached hydrogen (secondary N) is 3. The highest BCUT2D eigenvalue weighted by molar-refractivity contribution is 7.10. The van der Waals surface area contributed by atoms with Crippen molar-refractivity contribution < 1.29 is 18.8 Å². The van der Waals surface area contributed by atoms with Crippen LogP contribution in [0.4, 0.5) is 0 Å². The summed E-state index contributed by atoms with van der Waals surface area (Å²) in [6.45, 7) is 6.90. The molecule has 3 N–H and O–H groups in total. The van der Waals surface area contributed by atoms with Crippen molar-refractivity contribution in [1.82, 2.24) is 30.9 Å². The fourth-order valence-electron chi connectivity index (χ4n) is 2.99. The van der Waals surface area contributed by atoms with Crippen LogP contribution in [0.5, 0.6) is 0 Å². The molecule has 12 heteroatoms. The molecule has 3 amide bonds. The van der Waals surface area contributed by atoms with Crippen LogP contribution in [-0.2, 0) is 0 Å². The van der Waals surface area contributed by atoms with Crippen molar-refractivity contribution in [2.45, 2.75) is 45.8 Å². The number of thiazole rings is 2. The van der Waals surface area contributed by atoms with Gasteiger partial charge >= 0.3 is 0 Å². The number of aromatic nitrogens is 3. The van der Waals surface area contributed by atoms with E-state index in [1.807, 2.05) is 0 Å². The first kappa shape index (κ1) is 21.1. The average molecular weight is 461 g/mol. The Balaban J connectivity index is 1.71. The van der Waals surface area contributed by atoms with Crippen LogP contribution >= 0.6 is 22.7 Å². The Kier molecular flexibility index (Phi) is 5.58. The van der Waals surface area contributed by atoms with Crippen LogP contribution in [0.2, 0.25) is 0 Å². The number of carbonyl (C=O) groups is 3. The molecule has 0 saturated heterocycles. The fraction of sp³-hybridized carbons (Fsp3) is 0.368. The van der Waals surface area contributed by atoms with Crippen molar-refractivity contribution in [3.63, 3.8) is 0 Å². The van der Waals surface area contributed by atoms with E-state index in [2.05, 4.69) is 30.9 Å². The molecule has 0 unspecified atom stereocenters. The lowest BCUT2D eigenvalue weighted by Gasteiger charge is -2.11. The van der Waals surface area contributed by atoms with Crippen LogP contribution in [0.25, 0.3) is 0 Å². The molecule has 162 valence electrons. The second-order valence-corrected chi connectivity index (χ2v) is 8.96. The summed E-state index contributed by atoms with van der Waals surface area (Å²) >= 11 is 2.55. The van der Waals surface area contributed by atoms with E-state index in [0.29, 0.717) is 15.8 Å². The van der Waals surface area contributed by atoms with Gasteiger partial charge in [-0.05, 0) is 27.7 Å². The highest BCUT2D eigenvalue weighted by Gasteiger charge is 2.26. The highest BCUT2D eigenvalue weighted by atomic mass is 32.1. The molecule has 0 fully saturated rings. The van der Waals surface area contributed by atoms with Crippen LogP contribution in [0.15, 0.2) is 15.2 Å².